The average molecular weight is 538 g/mol. The zero-order valence-corrected chi connectivity index (χ0v) is 19.9. The first-order valence-electron chi connectivity index (χ1n) is 9.65. The summed E-state index contributed by atoms with van der Waals surface area (Å²) in [4.78, 5) is 25.1. The number of aromatic nitrogens is 4. The highest BCUT2D eigenvalue weighted by molar-refractivity contribution is 14.2. The predicted molar refractivity (Wildman–Crippen MR) is 128 cm³/mol. The van der Waals surface area contributed by atoms with E-state index in [0.29, 0.717) is 0 Å². The number of hydrogen-bond acceptors (Lipinski definition) is 7. The van der Waals surface area contributed by atoms with E-state index in [9.17, 15) is 4.79 Å². The topological polar surface area (TPSA) is 94.0 Å². The molecule has 1 aliphatic carbocycles. The van der Waals surface area contributed by atoms with E-state index in [1.807, 2.05) is 43.2 Å². The maximum absolute atomic E-state index is 12.0. The van der Waals surface area contributed by atoms with Gasteiger partial charge in [-0.2, -0.15) is 0 Å². The number of carbonyl (C=O) groups excluding carboxylic acids is 1. The zero-order chi connectivity index (χ0) is 21.3. The van der Waals surface area contributed by atoms with Crippen LogP contribution in [-0.4, -0.2) is 42.7 Å². The SMILES string of the molecule is CC(C)(C)OC(=O)NC1CC(Nc2c(-c3ccncn3)cnc3c2ccn3SI)C1. The van der Waals surface area contributed by atoms with Crippen LogP contribution in [0.5, 0.6) is 0 Å². The molecule has 0 spiro atoms. The van der Waals surface area contributed by atoms with E-state index >= 15 is 0 Å². The molecule has 0 bridgehead atoms. The van der Waals surface area contributed by atoms with Crippen molar-refractivity contribution in [1.82, 2.24) is 24.2 Å². The zero-order valence-electron chi connectivity index (χ0n) is 16.9. The van der Waals surface area contributed by atoms with Gasteiger partial charge in [0.05, 0.1) is 11.4 Å². The summed E-state index contributed by atoms with van der Waals surface area (Å²) in [7, 11) is 1.57. The highest BCUT2D eigenvalue weighted by atomic mass is 127. The second kappa shape index (κ2) is 8.58. The number of hydrogen-bond donors (Lipinski definition) is 2. The molecular formula is C20H23IN6O2S. The van der Waals surface area contributed by atoms with Gasteiger partial charge in [-0.1, -0.05) is 0 Å². The number of fused-ring (bicyclic) bond motifs is 1. The van der Waals surface area contributed by atoms with Crippen LogP contribution in [0.15, 0.2) is 37.1 Å². The van der Waals surface area contributed by atoms with Crippen molar-refractivity contribution < 1.29 is 9.53 Å². The van der Waals surface area contributed by atoms with E-state index < -0.39 is 5.60 Å². The van der Waals surface area contributed by atoms with E-state index in [-0.39, 0.29) is 18.2 Å². The summed E-state index contributed by atoms with van der Waals surface area (Å²) in [5, 5.41) is 7.64. The number of rotatable bonds is 5. The summed E-state index contributed by atoms with van der Waals surface area (Å²) in [6, 6.07) is 4.29. The molecule has 0 radical (unpaired) electrons. The van der Waals surface area contributed by atoms with Crippen molar-refractivity contribution >= 4 is 53.1 Å². The van der Waals surface area contributed by atoms with Gasteiger partial charge in [-0.3, -0.25) is 3.97 Å². The molecule has 0 saturated heterocycles. The van der Waals surface area contributed by atoms with Crippen molar-refractivity contribution in [3.8, 4) is 11.3 Å². The fraction of sp³-hybridized carbons (Fsp3) is 0.400. The van der Waals surface area contributed by atoms with Crippen LogP contribution in [0.25, 0.3) is 22.3 Å². The molecule has 158 valence electrons. The first-order valence-corrected chi connectivity index (χ1v) is 13.0. The quantitative estimate of drug-likeness (QED) is 0.451. The summed E-state index contributed by atoms with van der Waals surface area (Å²) < 4.78 is 7.37. The van der Waals surface area contributed by atoms with Crippen LogP contribution in [0.4, 0.5) is 10.5 Å². The van der Waals surface area contributed by atoms with Crippen LogP contribution in [-0.2, 0) is 4.74 Å². The molecule has 2 N–H and O–H groups in total. The van der Waals surface area contributed by atoms with E-state index in [0.717, 1.165) is 40.8 Å². The van der Waals surface area contributed by atoms with Crippen molar-refractivity contribution in [3.63, 3.8) is 0 Å². The number of carbonyl (C=O) groups is 1. The fourth-order valence-electron chi connectivity index (χ4n) is 3.45. The predicted octanol–water partition coefficient (Wildman–Crippen LogP) is 4.81. The van der Waals surface area contributed by atoms with E-state index in [2.05, 4.69) is 52.9 Å². The third kappa shape index (κ3) is 4.64. The molecular weight excluding hydrogens is 515 g/mol. The van der Waals surface area contributed by atoms with E-state index in [1.165, 1.54) is 0 Å². The maximum Gasteiger partial charge on any atom is 0.407 e. The number of ether oxygens (including phenoxy) is 1. The Morgan fingerprint density at radius 2 is 2.07 bits per heavy atom. The molecule has 3 aromatic rings. The minimum absolute atomic E-state index is 0.103. The molecule has 3 heterocycles. The standard InChI is InChI=1S/C20H23IN6O2S/c1-20(2,3)29-19(28)26-13-8-12(9-13)25-17-14-5-7-27(30-21)18(14)23-10-15(17)16-4-6-22-11-24-16/h4-7,10-13H,8-9H2,1-3H3,(H,23,25)(H,26,28). The second-order valence-corrected chi connectivity index (χ2v) is 9.96. The summed E-state index contributed by atoms with van der Waals surface area (Å²) in [6.07, 6.45) is 8.42. The van der Waals surface area contributed by atoms with E-state index in [1.54, 1.807) is 21.6 Å². The lowest BCUT2D eigenvalue weighted by atomic mass is 9.86. The molecule has 10 heteroatoms. The Morgan fingerprint density at radius 3 is 2.73 bits per heavy atom. The summed E-state index contributed by atoms with van der Waals surface area (Å²) in [5.74, 6) is 0. The molecule has 30 heavy (non-hydrogen) atoms. The summed E-state index contributed by atoms with van der Waals surface area (Å²) in [5.41, 5.74) is 3.16. The van der Waals surface area contributed by atoms with Gasteiger partial charge in [-0.15, -0.1) is 0 Å². The lowest BCUT2D eigenvalue weighted by Gasteiger charge is -2.37. The Balaban J connectivity index is 1.53. The highest BCUT2D eigenvalue weighted by Gasteiger charge is 2.32. The number of anilines is 1. The first kappa shape index (κ1) is 21.2. The molecule has 1 amide bonds. The van der Waals surface area contributed by atoms with Crippen LogP contribution in [0, 0.1) is 0 Å². The van der Waals surface area contributed by atoms with Crippen LogP contribution in [0.3, 0.4) is 0 Å². The van der Waals surface area contributed by atoms with Gasteiger partial charge < -0.3 is 15.4 Å². The van der Waals surface area contributed by atoms with Gasteiger partial charge >= 0.3 is 6.09 Å². The molecule has 0 unspecified atom stereocenters. The van der Waals surface area contributed by atoms with Gasteiger partial charge in [-0.25, -0.2) is 19.7 Å². The lowest BCUT2D eigenvalue weighted by molar-refractivity contribution is 0.0475. The van der Waals surface area contributed by atoms with Crippen molar-refractivity contribution in [1.29, 1.82) is 0 Å². The Labute approximate surface area is 191 Å². The van der Waals surface area contributed by atoms with Crippen molar-refractivity contribution in [2.45, 2.75) is 51.3 Å². The molecule has 0 aliphatic heterocycles. The van der Waals surface area contributed by atoms with Gasteiger partial charge in [0.2, 0.25) is 0 Å². The minimum atomic E-state index is -0.496. The molecule has 8 nitrogen and oxygen atoms in total. The Bertz CT molecular complexity index is 1050. The molecule has 0 atom stereocenters. The Hall–Kier alpha value is -2.08. The average Bonchev–Trinajstić information content (AvgIpc) is 3.09. The summed E-state index contributed by atoms with van der Waals surface area (Å²) in [6.45, 7) is 5.59. The van der Waals surface area contributed by atoms with Crippen LogP contribution in [0.1, 0.15) is 33.6 Å². The third-order valence-electron chi connectivity index (χ3n) is 4.82. The first-order chi connectivity index (χ1) is 14.3. The van der Waals surface area contributed by atoms with Crippen molar-refractivity contribution in [2.24, 2.45) is 0 Å². The van der Waals surface area contributed by atoms with Crippen LogP contribution < -0.4 is 10.6 Å². The Kier molecular flexibility index (Phi) is 6.05. The van der Waals surface area contributed by atoms with Crippen LogP contribution >= 0.6 is 30.3 Å². The van der Waals surface area contributed by atoms with Gasteiger partial charge in [0.15, 0.2) is 5.65 Å². The molecule has 4 rings (SSSR count). The van der Waals surface area contributed by atoms with Crippen molar-refractivity contribution in [3.05, 3.63) is 37.1 Å². The molecule has 1 aliphatic rings. The van der Waals surface area contributed by atoms with Crippen molar-refractivity contribution in [2.75, 3.05) is 5.32 Å². The molecule has 1 saturated carbocycles. The van der Waals surface area contributed by atoms with Crippen LogP contribution in [0.2, 0.25) is 0 Å². The molecule has 3 aromatic heterocycles. The summed E-state index contributed by atoms with van der Waals surface area (Å²) >= 11 is 2.24. The fourth-order valence-corrected chi connectivity index (χ4v) is 4.72. The lowest BCUT2D eigenvalue weighted by Crippen LogP contribution is -2.50. The van der Waals surface area contributed by atoms with Gasteiger partial charge in [0, 0.05) is 71.9 Å². The van der Waals surface area contributed by atoms with Gasteiger partial charge in [0.25, 0.3) is 0 Å². The van der Waals surface area contributed by atoms with E-state index in [4.69, 9.17) is 4.74 Å². The minimum Gasteiger partial charge on any atom is -0.444 e. The highest BCUT2D eigenvalue weighted by Crippen LogP contribution is 2.37. The number of amides is 1. The normalized spacial score (nSPS) is 18.7. The number of pyridine rings is 1. The largest absolute Gasteiger partial charge is 0.444 e. The Morgan fingerprint density at radius 1 is 1.27 bits per heavy atom. The molecule has 1 fully saturated rings. The van der Waals surface area contributed by atoms with Gasteiger partial charge in [0.1, 0.15) is 11.9 Å². The number of nitrogens with one attached hydrogen (secondary N) is 2. The smallest absolute Gasteiger partial charge is 0.407 e. The third-order valence-corrected chi connectivity index (χ3v) is 6.54. The number of alkyl carbamates (subject to hydrolysis) is 1. The number of halogens is 1. The van der Waals surface area contributed by atoms with Gasteiger partial charge in [-0.05, 0) is 45.7 Å². The monoisotopic (exact) mass is 538 g/mol. The second-order valence-electron chi connectivity index (χ2n) is 8.25. The maximum atomic E-state index is 12.0. The molecule has 0 aromatic carbocycles. The number of nitrogens with zero attached hydrogens (tertiary/aromatic N) is 4.